The van der Waals surface area contributed by atoms with Gasteiger partial charge in [0, 0.05) is 31.4 Å². The molecule has 8 heteroatoms. The Hall–Kier alpha value is -2.84. The molecule has 0 aromatic heterocycles. The second-order valence-corrected chi connectivity index (χ2v) is 8.75. The maximum Gasteiger partial charge on any atom is 0.295 e. The highest BCUT2D eigenvalue weighted by Crippen LogP contribution is 2.43. The minimum absolute atomic E-state index is 0.0225. The van der Waals surface area contributed by atoms with Gasteiger partial charge in [-0.15, -0.1) is 0 Å². The number of benzene rings is 2. The number of ether oxygens (including phenoxy) is 3. The number of halogens is 1. The molecule has 33 heavy (non-hydrogen) atoms. The third kappa shape index (κ3) is 5.23. The van der Waals surface area contributed by atoms with Crippen LogP contribution in [0.5, 0.6) is 11.5 Å². The van der Waals surface area contributed by atoms with Crippen molar-refractivity contribution < 1.29 is 28.9 Å². The van der Waals surface area contributed by atoms with Crippen LogP contribution < -0.4 is 9.47 Å². The lowest BCUT2D eigenvalue weighted by molar-refractivity contribution is -0.140. The molecule has 2 aromatic rings. The molecule has 1 atom stereocenters. The number of ketones is 1. The number of carbonyl (C=O) groups is 2. The molecular weight excluding hydrogens is 490 g/mol. The lowest BCUT2D eigenvalue weighted by atomic mass is 9.94. The van der Waals surface area contributed by atoms with Crippen LogP contribution in [0, 0.1) is 0 Å². The van der Waals surface area contributed by atoms with E-state index in [4.69, 9.17) is 14.2 Å². The number of Topliss-reactive ketones (excluding diaryl/α,β-unsaturated/α-hetero) is 1. The van der Waals surface area contributed by atoms with E-state index in [2.05, 4.69) is 15.9 Å². The molecular formula is C25H28BrNO6. The van der Waals surface area contributed by atoms with Crippen molar-refractivity contribution in [2.24, 2.45) is 0 Å². The van der Waals surface area contributed by atoms with Crippen LogP contribution in [0.3, 0.4) is 0 Å². The summed E-state index contributed by atoms with van der Waals surface area (Å²) in [6, 6.07) is 11.4. The van der Waals surface area contributed by atoms with Crippen LogP contribution in [-0.4, -0.2) is 55.2 Å². The fraction of sp³-hybridized carbons (Fsp3) is 0.360. The van der Waals surface area contributed by atoms with Gasteiger partial charge in [-0.1, -0.05) is 18.2 Å². The van der Waals surface area contributed by atoms with Crippen LogP contribution in [0.4, 0.5) is 0 Å². The summed E-state index contributed by atoms with van der Waals surface area (Å²) >= 11 is 3.41. The van der Waals surface area contributed by atoms with Crippen molar-refractivity contribution in [3.8, 4) is 11.5 Å². The maximum atomic E-state index is 13.2. The largest absolute Gasteiger partial charge is 0.507 e. The van der Waals surface area contributed by atoms with Gasteiger partial charge in [0.15, 0.2) is 0 Å². The first-order valence-corrected chi connectivity index (χ1v) is 11.5. The van der Waals surface area contributed by atoms with E-state index in [0.717, 1.165) is 0 Å². The van der Waals surface area contributed by atoms with Crippen LogP contribution in [0.25, 0.3) is 5.76 Å². The van der Waals surface area contributed by atoms with Gasteiger partial charge in [-0.25, -0.2) is 0 Å². The number of likely N-dealkylation sites (tertiary alicyclic amines) is 1. The minimum Gasteiger partial charge on any atom is -0.507 e. The van der Waals surface area contributed by atoms with Gasteiger partial charge in [-0.05, 0) is 60.5 Å². The molecule has 1 N–H and O–H groups in total. The molecule has 1 fully saturated rings. The maximum absolute atomic E-state index is 13.2. The molecule has 0 radical (unpaired) electrons. The first-order valence-electron chi connectivity index (χ1n) is 10.7. The van der Waals surface area contributed by atoms with Crippen molar-refractivity contribution in [2.75, 3.05) is 27.4 Å². The van der Waals surface area contributed by atoms with Crippen molar-refractivity contribution in [3.63, 3.8) is 0 Å². The summed E-state index contributed by atoms with van der Waals surface area (Å²) in [5.74, 6) is -0.516. The fourth-order valence-electron chi connectivity index (χ4n) is 3.85. The quantitative estimate of drug-likeness (QED) is 0.224. The monoisotopic (exact) mass is 517 g/mol. The molecule has 1 aliphatic rings. The Labute approximate surface area is 202 Å². The molecule has 0 spiro atoms. The summed E-state index contributed by atoms with van der Waals surface area (Å²) in [5.41, 5.74) is 1.05. The predicted octanol–water partition coefficient (Wildman–Crippen LogP) is 4.70. The van der Waals surface area contributed by atoms with Gasteiger partial charge in [0.1, 0.15) is 17.3 Å². The highest BCUT2D eigenvalue weighted by molar-refractivity contribution is 9.10. The molecule has 2 aromatic carbocycles. The normalized spacial score (nSPS) is 17.6. The van der Waals surface area contributed by atoms with E-state index in [0.29, 0.717) is 46.7 Å². The predicted molar refractivity (Wildman–Crippen MR) is 128 cm³/mol. The van der Waals surface area contributed by atoms with Gasteiger partial charge >= 0.3 is 0 Å². The summed E-state index contributed by atoms with van der Waals surface area (Å²) in [6.45, 7) is 4.54. The Morgan fingerprint density at radius 3 is 2.48 bits per heavy atom. The van der Waals surface area contributed by atoms with Gasteiger partial charge in [-0.2, -0.15) is 0 Å². The second kappa shape index (κ2) is 10.9. The average Bonchev–Trinajstić information content (AvgIpc) is 3.03. The molecule has 0 bridgehead atoms. The second-order valence-electron chi connectivity index (χ2n) is 7.89. The van der Waals surface area contributed by atoms with E-state index in [9.17, 15) is 14.7 Å². The van der Waals surface area contributed by atoms with E-state index in [-0.39, 0.29) is 17.4 Å². The van der Waals surface area contributed by atoms with Crippen LogP contribution in [-0.2, 0) is 14.3 Å². The van der Waals surface area contributed by atoms with E-state index >= 15 is 0 Å². The topological polar surface area (TPSA) is 85.3 Å². The van der Waals surface area contributed by atoms with Gasteiger partial charge < -0.3 is 24.2 Å². The van der Waals surface area contributed by atoms with E-state index in [1.54, 1.807) is 31.4 Å². The van der Waals surface area contributed by atoms with E-state index < -0.39 is 17.7 Å². The van der Waals surface area contributed by atoms with E-state index in [1.807, 2.05) is 32.0 Å². The summed E-state index contributed by atoms with van der Waals surface area (Å²) in [7, 11) is 3.12. The zero-order chi connectivity index (χ0) is 24.1. The summed E-state index contributed by atoms with van der Waals surface area (Å²) in [6.07, 6.45) is 0.431. The first kappa shape index (κ1) is 24.8. The van der Waals surface area contributed by atoms with E-state index in [1.165, 1.54) is 12.0 Å². The Morgan fingerprint density at radius 2 is 1.85 bits per heavy atom. The Balaban J connectivity index is 2.18. The Bertz CT molecular complexity index is 1060. The first-order chi connectivity index (χ1) is 15.8. The molecule has 1 amide bonds. The van der Waals surface area contributed by atoms with Crippen LogP contribution in [0.15, 0.2) is 52.5 Å². The number of hydrogen-bond donors (Lipinski definition) is 1. The number of aliphatic hydroxyl groups excluding tert-OH is 1. The highest BCUT2D eigenvalue weighted by atomic mass is 79.9. The SMILES string of the molecule is COCCCN1C(=O)C(=O)/C(=C(\O)c2ccc(OC)c(Br)c2)C1c1ccccc1OC(C)C. The van der Waals surface area contributed by atoms with Crippen molar-refractivity contribution in [2.45, 2.75) is 32.4 Å². The third-order valence-electron chi connectivity index (χ3n) is 5.29. The molecule has 1 aliphatic heterocycles. The number of amides is 1. The Morgan fingerprint density at radius 1 is 1.12 bits per heavy atom. The molecule has 176 valence electrons. The van der Waals surface area contributed by atoms with Crippen molar-refractivity contribution in [1.82, 2.24) is 4.90 Å². The van der Waals surface area contributed by atoms with Gasteiger partial charge in [0.25, 0.3) is 11.7 Å². The van der Waals surface area contributed by atoms with Gasteiger partial charge in [-0.3, -0.25) is 9.59 Å². The number of carbonyl (C=O) groups excluding carboxylic acids is 2. The van der Waals surface area contributed by atoms with Gasteiger partial charge in [0.2, 0.25) is 0 Å². The lowest BCUT2D eigenvalue weighted by Gasteiger charge is -2.27. The van der Waals surface area contributed by atoms with Crippen molar-refractivity contribution in [1.29, 1.82) is 0 Å². The van der Waals surface area contributed by atoms with Gasteiger partial charge in [0.05, 0.1) is 29.3 Å². The third-order valence-corrected chi connectivity index (χ3v) is 5.91. The lowest BCUT2D eigenvalue weighted by Crippen LogP contribution is -2.31. The summed E-state index contributed by atoms with van der Waals surface area (Å²) in [4.78, 5) is 27.7. The number of para-hydroxylation sites is 1. The smallest absolute Gasteiger partial charge is 0.295 e. The summed E-state index contributed by atoms with van der Waals surface area (Å²) < 4.78 is 17.0. The highest BCUT2D eigenvalue weighted by Gasteiger charge is 2.46. The van der Waals surface area contributed by atoms with Crippen LogP contribution in [0.2, 0.25) is 0 Å². The van der Waals surface area contributed by atoms with Crippen molar-refractivity contribution in [3.05, 3.63) is 63.6 Å². The zero-order valence-corrected chi connectivity index (χ0v) is 20.7. The zero-order valence-electron chi connectivity index (χ0n) is 19.1. The molecule has 1 heterocycles. The average molecular weight is 518 g/mol. The molecule has 7 nitrogen and oxygen atoms in total. The molecule has 0 aliphatic carbocycles. The Kier molecular flexibility index (Phi) is 8.15. The molecule has 1 unspecified atom stereocenters. The van der Waals surface area contributed by atoms with Crippen LogP contribution in [0.1, 0.15) is 37.4 Å². The van der Waals surface area contributed by atoms with Crippen LogP contribution >= 0.6 is 15.9 Å². The molecule has 3 rings (SSSR count). The molecule has 0 saturated carbocycles. The fourth-order valence-corrected chi connectivity index (χ4v) is 4.39. The number of hydrogen-bond acceptors (Lipinski definition) is 6. The number of nitrogens with zero attached hydrogens (tertiary/aromatic N) is 1. The van der Waals surface area contributed by atoms with Crippen molar-refractivity contribution >= 4 is 33.4 Å². The molecule has 1 saturated heterocycles. The number of methoxy groups -OCH3 is 2. The standard InChI is InChI=1S/C25H28BrNO6/c1-15(2)33-19-9-6-5-8-17(19)22-21(24(29)25(30)27(22)12-7-13-31-3)23(28)16-10-11-20(32-4)18(26)14-16/h5-6,8-11,14-15,22,28H,7,12-13H2,1-4H3/b23-21-. The number of aliphatic hydroxyl groups is 1. The minimum atomic E-state index is -0.794. The number of rotatable bonds is 9. The summed E-state index contributed by atoms with van der Waals surface area (Å²) in [5, 5.41) is 11.2.